The minimum Gasteiger partial charge on any atom is -0.326 e. The number of anilines is 1. The first-order chi connectivity index (χ1) is 9.43. The molecule has 0 fully saturated rings. The van der Waals surface area contributed by atoms with Crippen molar-refractivity contribution < 1.29 is 14.8 Å². The molecule has 0 heterocycles. The predicted octanol–water partition coefficient (Wildman–Crippen LogP) is 2.04. The summed E-state index contributed by atoms with van der Waals surface area (Å²) in [6, 6.07) is 6.09. The van der Waals surface area contributed by atoms with Crippen molar-refractivity contribution >= 4 is 17.6 Å². The van der Waals surface area contributed by atoms with Crippen LogP contribution in [0.2, 0.25) is 0 Å². The van der Waals surface area contributed by atoms with Crippen molar-refractivity contribution in [2.75, 3.05) is 5.32 Å². The third kappa shape index (κ3) is 4.89. The Bertz CT molecular complexity index is 474. The van der Waals surface area contributed by atoms with Crippen molar-refractivity contribution in [2.24, 2.45) is 5.92 Å². The molecule has 6 heteroatoms. The molecular formula is C14H21N3O3. The van der Waals surface area contributed by atoms with Gasteiger partial charge in [0.05, 0.1) is 0 Å². The second-order valence-electron chi connectivity index (χ2n) is 5.07. The molecule has 0 aromatic heterocycles. The normalized spacial score (nSPS) is 11.8. The fourth-order valence-corrected chi connectivity index (χ4v) is 1.81. The maximum atomic E-state index is 11.9. The van der Waals surface area contributed by atoms with E-state index in [1.54, 1.807) is 11.5 Å². The highest BCUT2D eigenvalue weighted by Crippen LogP contribution is 2.13. The molecule has 0 spiro atoms. The monoisotopic (exact) mass is 279 g/mol. The van der Waals surface area contributed by atoms with Gasteiger partial charge in [-0.25, -0.2) is 10.3 Å². The Labute approximate surface area is 118 Å². The summed E-state index contributed by atoms with van der Waals surface area (Å²) in [6.07, 6.45) is 0.438. The summed E-state index contributed by atoms with van der Waals surface area (Å²) in [5.74, 6) is -0.422. The molecule has 0 bridgehead atoms. The summed E-state index contributed by atoms with van der Waals surface area (Å²) in [5, 5.41) is 13.9. The SMILES string of the molecule is Cc1ccccc1NC(=O)N[C@H](CC(C)C)C(=O)NO. The molecule has 3 amide bonds. The van der Waals surface area contributed by atoms with E-state index in [-0.39, 0.29) is 5.92 Å². The van der Waals surface area contributed by atoms with Gasteiger partial charge in [0, 0.05) is 5.69 Å². The molecule has 1 atom stereocenters. The number of hydroxylamine groups is 1. The third-order valence-corrected chi connectivity index (χ3v) is 2.83. The maximum absolute atomic E-state index is 11.9. The summed E-state index contributed by atoms with van der Waals surface area (Å²) >= 11 is 0. The molecule has 0 unspecified atom stereocenters. The van der Waals surface area contributed by atoms with Gasteiger partial charge in [-0.15, -0.1) is 0 Å². The van der Waals surface area contributed by atoms with Gasteiger partial charge >= 0.3 is 6.03 Å². The van der Waals surface area contributed by atoms with Crippen LogP contribution in [0.15, 0.2) is 24.3 Å². The summed E-state index contributed by atoms with van der Waals surface area (Å²) in [7, 11) is 0. The van der Waals surface area contributed by atoms with Crippen molar-refractivity contribution in [3.8, 4) is 0 Å². The van der Waals surface area contributed by atoms with Crippen LogP contribution in [0.25, 0.3) is 0 Å². The van der Waals surface area contributed by atoms with Gasteiger partial charge in [-0.3, -0.25) is 10.0 Å². The largest absolute Gasteiger partial charge is 0.326 e. The number of benzene rings is 1. The number of aryl methyl sites for hydroxylation is 1. The van der Waals surface area contributed by atoms with Gasteiger partial charge in [0.15, 0.2) is 0 Å². The molecule has 0 aliphatic carbocycles. The zero-order valence-corrected chi connectivity index (χ0v) is 11.9. The number of hydrogen-bond acceptors (Lipinski definition) is 3. The van der Waals surface area contributed by atoms with Gasteiger partial charge in [0.25, 0.3) is 5.91 Å². The van der Waals surface area contributed by atoms with Gasteiger partial charge in [-0.05, 0) is 30.9 Å². The summed E-state index contributed by atoms with van der Waals surface area (Å²) in [6.45, 7) is 5.73. The van der Waals surface area contributed by atoms with Crippen molar-refractivity contribution in [1.29, 1.82) is 0 Å². The number of urea groups is 1. The molecule has 4 N–H and O–H groups in total. The van der Waals surface area contributed by atoms with Crippen molar-refractivity contribution in [3.63, 3.8) is 0 Å². The number of carbonyl (C=O) groups is 2. The van der Waals surface area contributed by atoms with E-state index >= 15 is 0 Å². The zero-order valence-electron chi connectivity index (χ0n) is 11.9. The third-order valence-electron chi connectivity index (χ3n) is 2.83. The summed E-state index contributed by atoms with van der Waals surface area (Å²) in [4.78, 5) is 23.4. The Hall–Kier alpha value is -2.08. The molecule has 0 aliphatic rings. The van der Waals surface area contributed by atoms with Crippen LogP contribution in [0.3, 0.4) is 0 Å². The maximum Gasteiger partial charge on any atom is 0.319 e. The highest BCUT2D eigenvalue weighted by atomic mass is 16.5. The molecule has 1 aromatic carbocycles. The van der Waals surface area contributed by atoms with E-state index in [1.807, 2.05) is 39.0 Å². The van der Waals surface area contributed by atoms with E-state index < -0.39 is 18.0 Å². The quantitative estimate of drug-likeness (QED) is 0.491. The van der Waals surface area contributed by atoms with Gasteiger partial charge in [0.2, 0.25) is 0 Å². The molecule has 0 aliphatic heterocycles. The molecule has 110 valence electrons. The van der Waals surface area contributed by atoms with E-state index in [2.05, 4.69) is 10.6 Å². The molecule has 1 aromatic rings. The lowest BCUT2D eigenvalue weighted by molar-refractivity contribution is -0.131. The van der Waals surface area contributed by atoms with Crippen LogP contribution < -0.4 is 16.1 Å². The molecule has 0 saturated heterocycles. The number of hydrogen-bond donors (Lipinski definition) is 4. The topological polar surface area (TPSA) is 90.5 Å². The summed E-state index contributed by atoms with van der Waals surface area (Å²) < 4.78 is 0. The van der Waals surface area contributed by atoms with Crippen molar-refractivity contribution in [3.05, 3.63) is 29.8 Å². The van der Waals surface area contributed by atoms with Crippen LogP contribution >= 0.6 is 0 Å². The number of amides is 3. The average Bonchev–Trinajstić information content (AvgIpc) is 2.39. The first kappa shape index (κ1) is 16.0. The molecule has 6 nitrogen and oxygen atoms in total. The first-order valence-corrected chi connectivity index (χ1v) is 6.51. The Kier molecular flexibility index (Phi) is 5.99. The number of rotatable bonds is 5. The molecular weight excluding hydrogens is 258 g/mol. The molecule has 1 rings (SSSR count). The van der Waals surface area contributed by atoms with Gasteiger partial charge in [-0.1, -0.05) is 32.0 Å². The van der Waals surface area contributed by atoms with Gasteiger partial charge < -0.3 is 10.6 Å². The van der Waals surface area contributed by atoms with Crippen LogP contribution in [-0.2, 0) is 4.79 Å². The number of carbonyl (C=O) groups excluding carboxylic acids is 2. The number of nitrogens with one attached hydrogen (secondary N) is 3. The summed E-state index contributed by atoms with van der Waals surface area (Å²) in [5.41, 5.74) is 3.17. The lowest BCUT2D eigenvalue weighted by Crippen LogP contribution is -2.48. The van der Waals surface area contributed by atoms with Crippen LogP contribution in [0.1, 0.15) is 25.8 Å². The minimum absolute atomic E-state index is 0.205. The smallest absolute Gasteiger partial charge is 0.319 e. The van der Waals surface area contributed by atoms with Crippen LogP contribution in [0.4, 0.5) is 10.5 Å². The van der Waals surface area contributed by atoms with Crippen LogP contribution in [0.5, 0.6) is 0 Å². The van der Waals surface area contributed by atoms with Crippen LogP contribution in [0, 0.1) is 12.8 Å². The molecule has 0 radical (unpaired) electrons. The molecule has 0 saturated carbocycles. The van der Waals surface area contributed by atoms with E-state index in [0.29, 0.717) is 12.1 Å². The second-order valence-corrected chi connectivity index (χ2v) is 5.07. The van der Waals surface area contributed by atoms with E-state index in [1.165, 1.54) is 0 Å². The lowest BCUT2D eigenvalue weighted by atomic mass is 10.0. The average molecular weight is 279 g/mol. The van der Waals surface area contributed by atoms with E-state index in [4.69, 9.17) is 5.21 Å². The Morgan fingerprint density at radius 1 is 1.25 bits per heavy atom. The highest BCUT2D eigenvalue weighted by molar-refractivity contribution is 5.93. The van der Waals surface area contributed by atoms with Gasteiger partial charge in [-0.2, -0.15) is 0 Å². The Morgan fingerprint density at radius 3 is 2.45 bits per heavy atom. The van der Waals surface area contributed by atoms with Gasteiger partial charge in [0.1, 0.15) is 6.04 Å². The standard InChI is InChI=1S/C14H21N3O3/c1-9(2)8-12(13(18)17-20)16-14(19)15-11-7-5-4-6-10(11)3/h4-7,9,12,20H,8H2,1-3H3,(H,17,18)(H2,15,16,19)/t12-/m1/s1. The van der Waals surface area contributed by atoms with Crippen molar-refractivity contribution in [2.45, 2.75) is 33.2 Å². The second kappa shape index (κ2) is 7.49. The Balaban J connectivity index is 2.66. The van der Waals surface area contributed by atoms with E-state index in [9.17, 15) is 9.59 Å². The fourth-order valence-electron chi connectivity index (χ4n) is 1.81. The fraction of sp³-hybridized carbons (Fsp3) is 0.429. The first-order valence-electron chi connectivity index (χ1n) is 6.51. The highest BCUT2D eigenvalue weighted by Gasteiger charge is 2.21. The molecule has 20 heavy (non-hydrogen) atoms. The van der Waals surface area contributed by atoms with E-state index in [0.717, 1.165) is 5.56 Å². The predicted molar refractivity (Wildman–Crippen MR) is 76.5 cm³/mol. The number of para-hydroxylation sites is 1. The minimum atomic E-state index is -0.774. The lowest BCUT2D eigenvalue weighted by Gasteiger charge is -2.19. The van der Waals surface area contributed by atoms with Crippen LogP contribution in [-0.4, -0.2) is 23.2 Å². The van der Waals surface area contributed by atoms with Crippen molar-refractivity contribution in [1.82, 2.24) is 10.8 Å². The zero-order chi connectivity index (χ0) is 15.1. The Morgan fingerprint density at radius 2 is 1.90 bits per heavy atom.